The largest absolute Gasteiger partial charge is 0.480 e. The van der Waals surface area contributed by atoms with E-state index in [-0.39, 0.29) is 6.04 Å². The van der Waals surface area contributed by atoms with Crippen LogP contribution in [0, 0.1) is 6.92 Å². The van der Waals surface area contributed by atoms with Crippen molar-refractivity contribution >= 4 is 5.97 Å². The normalized spacial score (nSPS) is 25.7. The van der Waals surface area contributed by atoms with Crippen LogP contribution in [-0.4, -0.2) is 26.9 Å². The molecule has 2 heterocycles. The molecule has 0 spiro atoms. The van der Waals surface area contributed by atoms with Crippen molar-refractivity contribution in [1.29, 1.82) is 0 Å². The highest BCUT2D eigenvalue weighted by molar-refractivity contribution is 5.73. The van der Waals surface area contributed by atoms with Crippen LogP contribution in [0.4, 0.5) is 0 Å². The molecule has 1 aliphatic rings. The predicted octanol–water partition coefficient (Wildman–Crippen LogP) is 0.606. The first kappa shape index (κ1) is 10.2. The molecule has 1 saturated heterocycles. The van der Waals surface area contributed by atoms with Crippen molar-refractivity contribution < 1.29 is 9.90 Å². The summed E-state index contributed by atoms with van der Waals surface area (Å²) in [6, 6.07) is -0.269. The number of hydrogen-bond acceptors (Lipinski definition) is 3. The Hall–Kier alpha value is -1.36. The molecule has 1 aromatic heterocycles. The van der Waals surface area contributed by atoms with Crippen LogP contribution in [0.1, 0.15) is 30.1 Å². The Bertz CT molecular complexity index is 386. The molecule has 5 heteroatoms. The summed E-state index contributed by atoms with van der Waals surface area (Å²) < 4.78 is 1.81. The molecular formula is C10H15N3O2. The Morgan fingerprint density at radius 2 is 2.40 bits per heavy atom. The first-order valence-electron chi connectivity index (χ1n) is 5.07. The van der Waals surface area contributed by atoms with Crippen LogP contribution >= 0.6 is 0 Å². The van der Waals surface area contributed by atoms with Crippen LogP contribution < -0.4 is 5.32 Å². The fourth-order valence-corrected chi connectivity index (χ4v) is 2.04. The fourth-order valence-electron chi connectivity index (χ4n) is 2.04. The van der Waals surface area contributed by atoms with Crippen molar-refractivity contribution in [3.8, 4) is 0 Å². The van der Waals surface area contributed by atoms with Crippen molar-refractivity contribution in [3.63, 3.8) is 0 Å². The second kappa shape index (κ2) is 3.66. The van der Waals surface area contributed by atoms with Gasteiger partial charge in [0, 0.05) is 24.3 Å². The minimum Gasteiger partial charge on any atom is -0.480 e. The average molecular weight is 209 g/mol. The van der Waals surface area contributed by atoms with Crippen molar-refractivity contribution in [2.45, 2.75) is 31.8 Å². The SMILES string of the molecule is Cc1c(C2CCC(C(=O)O)N2)cnn1C. The molecule has 0 radical (unpaired) electrons. The van der Waals surface area contributed by atoms with Gasteiger partial charge in [-0.2, -0.15) is 5.10 Å². The zero-order chi connectivity index (χ0) is 11.0. The van der Waals surface area contributed by atoms with E-state index in [0.717, 1.165) is 17.7 Å². The standard InChI is InChI=1S/C10H15N3O2/c1-6-7(5-11-13(6)2)8-3-4-9(12-8)10(14)15/h5,8-9,12H,3-4H2,1-2H3,(H,14,15). The van der Waals surface area contributed by atoms with Gasteiger partial charge < -0.3 is 5.11 Å². The van der Waals surface area contributed by atoms with Gasteiger partial charge in [-0.1, -0.05) is 0 Å². The minimum atomic E-state index is -0.765. The molecule has 0 saturated carbocycles. The monoisotopic (exact) mass is 209 g/mol. The summed E-state index contributed by atoms with van der Waals surface area (Å²) in [7, 11) is 1.89. The van der Waals surface area contributed by atoms with Crippen molar-refractivity contribution in [3.05, 3.63) is 17.5 Å². The highest BCUT2D eigenvalue weighted by atomic mass is 16.4. The molecule has 1 fully saturated rings. The molecule has 2 unspecified atom stereocenters. The number of aromatic nitrogens is 2. The molecule has 82 valence electrons. The number of rotatable bonds is 2. The molecule has 2 N–H and O–H groups in total. The zero-order valence-electron chi connectivity index (χ0n) is 8.90. The Morgan fingerprint density at radius 3 is 2.87 bits per heavy atom. The van der Waals surface area contributed by atoms with E-state index in [9.17, 15) is 4.79 Å². The molecule has 2 atom stereocenters. The first-order valence-corrected chi connectivity index (χ1v) is 5.07. The van der Waals surface area contributed by atoms with Crippen molar-refractivity contribution in [2.75, 3.05) is 0 Å². The summed E-state index contributed by atoms with van der Waals surface area (Å²) >= 11 is 0. The highest BCUT2D eigenvalue weighted by Gasteiger charge is 2.31. The summed E-state index contributed by atoms with van der Waals surface area (Å²) in [4.78, 5) is 10.8. The van der Waals surface area contributed by atoms with E-state index in [4.69, 9.17) is 5.11 Å². The molecule has 0 aliphatic carbocycles. The summed E-state index contributed by atoms with van der Waals surface area (Å²) in [5.41, 5.74) is 2.21. The second-order valence-electron chi connectivity index (χ2n) is 4.00. The van der Waals surface area contributed by atoms with Gasteiger partial charge in [0.2, 0.25) is 0 Å². The summed E-state index contributed by atoms with van der Waals surface area (Å²) in [5, 5.41) is 16.1. The summed E-state index contributed by atoms with van der Waals surface area (Å²) in [5.74, 6) is -0.765. The van der Waals surface area contributed by atoms with Gasteiger partial charge in [-0.3, -0.25) is 14.8 Å². The van der Waals surface area contributed by atoms with Crippen LogP contribution in [0.2, 0.25) is 0 Å². The van der Waals surface area contributed by atoms with Crippen molar-refractivity contribution in [1.82, 2.24) is 15.1 Å². The zero-order valence-corrected chi connectivity index (χ0v) is 8.90. The highest BCUT2D eigenvalue weighted by Crippen LogP contribution is 2.28. The third-order valence-corrected chi connectivity index (χ3v) is 3.09. The minimum absolute atomic E-state index is 0.139. The van der Waals surface area contributed by atoms with E-state index < -0.39 is 12.0 Å². The number of nitrogens with zero attached hydrogens (tertiary/aromatic N) is 2. The molecular weight excluding hydrogens is 194 g/mol. The van der Waals surface area contributed by atoms with Gasteiger partial charge >= 0.3 is 5.97 Å². The van der Waals surface area contributed by atoms with E-state index in [1.165, 1.54) is 0 Å². The van der Waals surface area contributed by atoms with E-state index in [1.807, 2.05) is 24.9 Å². The lowest BCUT2D eigenvalue weighted by atomic mass is 10.1. The molecule has 0 aromatic carbocycles. The van der Waals surface area contributed by atoms with Gasteiger partial charge in [-0.05, 0) is 19.8 Å². The van der Waals surface area contributed by atoms with Gasteiger partial charge in [0.05, 0.1) is 6.20 Å². The van der Waals surface area contributed by atoms with Crippen LogP contribution in [-0.2, 0) is 11.8 Å². The van der Waals surface area contributed by atoms with Crippen LogP contribution in [0.25, 0.3) is 0 Å². The number of aryl methyl sites for hydroxylation is 1. The Labute approximate surface area is 88.1 Å². The number of carbonyl (C=O) groups is 1. The molecule has 0 bridgehead atoms. The van der Waals surface area contributed by atoms with E-state index >= 15 is 0 Å². The maximum Gasteiger partial charge on any atom is 0.320 e. The van der Waals surface area contributed by atoms with Gasteiger partial charge in [-0.15, -0.1) is 0 Å². The molecule has 0 amide bonds. The molecule has 2 rings (SSSR count). The number of carboxylic acid groups (broad SMARTS) is 1. The van der Waals surface area contributed by atoms with E-state index in [2.05, 4.69) is 10.4 Å². The maximum atomic E-state index is 10.8. The first-order chi connectivity index (χ1) is 7.09. The maximum absolute atomic E-state index is 10.8. The topological polar surface area (TPSA) is 67.2 Å². The Balaban J connectivity index is 2.14. The van der Waals surface area contributed by atoms with Crippen molar-refractivity contribution in [2.24, 2.45) is 7.05 Å². The van der Waals surface area contributed by atoms with E-state index in [1.54, 1.807) is 0 Å². The number of carboxylic acids is 1. The lowest BCUT2D eigenvalue weighted by Crippen LogP contribution is -2.31. The Morgan fingerprint density at radius 1 is 1.67 bits per heavy atom. The molecule has 1 aromatic rings. The third kappa shape index (κ3) is 1.74. The summed E-state index contributed by atoms with van der Waals surface area (Å²) in [6.07, 6.45) is 3.37. The number of hydrogen-bond donors (Lipinski definition) is 2. The van der Waals surface area contributed by atoms with Crippen LogP contribution in [0.5, 0.6) is 0 Å². The van der Waals surface area contributed by atoms with Crippen LogP contribution in [0.3, 0.4) is 0 Å². The van der Waals surface area contributed by atoms with Gasteiger partial charge in [0.15, 0.2) is 0 Å². The predicted molar refractivity (Wildman–Crippen MR) is 54.5 cm³/mol. The third-order valence-electron chi connectivity index (χ3n) is 3.09. The smallest absolute Gasteiger partial charge is 0.320 e. The molecule has 1 aliphatic heterocycles. The fraction of sp³-hybridized carbons (Fsp3) is 0.600. The van der Waals surface area contributed by atoms with Gasteiger partial charge in [-0.25, -0.2) is 0 Å². The Kier molecular flexibility index (Phi) is 2.48. The molecule has 5 nitrogen and oxygen atoms in total. The lowest BCUT2D eigenvalue weighted by Gasteiger charge is -2.11. The summed E-state index contributed by atoms with van der Waals surface area (Å²) in [6.45, 7) is 2.00. The molecule has 15 heavy (non-hydrogen) atoms. The number of nitrogens with one attached hydrogen (secondary N) is 1. The van der Waals surface area contributed by atoms with Crippen LogP contribution in [0.15, 0.2) is 6.20 Å². The van der Waals surface area contributed by atoms with Gasteiger partial charge in [0.1, 0.15) is 6.04 Å². The quantitative estimate of drug-likeness (QED) is 0.748. The second-order valence-corrected chi connectivity index (χ2v) is 4.00. The lowest BCUT2D eigenvalue weighted by molar-refractivity contribution is -0.139. The average Bonchev–Trinajstić information content (AvgIpc) is 2.76. The van der Waals surface area contributed by atoms with E-state index in [0.29, 0.717) is 6.42 Å². The number of aliphatic carboxylic acids is 1. The van der Waals surface area contributed by atoms with Gasteiger partial charge in [0.25, 0.3) is 0 Å².